The first-order valence-corrected chi connectivity index (χ1v) is 6.69. The highest BCUT2D eigenvalue weighted by molar-refractivity contribution is 9.10. The number of aliphatic hydroxyl groups excluding tert-OH is 1. The molecule has 0 amide bonds. The third-order valence-corrected chi connectivity index (χ3v) is 4.47. The Morgan fingerprint density at radius 2 is 1.94 bits per heavy atom. The van der Waals surface area contributed by atoms with Crippen LogP contribution in [0.5, 0.6) is 0 Å². The molecule has 0 saturated heterocycles. The van der Waals surface area contributed by atoms with Crippen molar-refractivity contribution in [2.45, 2.75) is 20.0 Å². The van der Waals surface area contributed by atoms with Crippen LogP contribution in [0, 0.1) is 13.8 Å². The van der Waals surface area contributed by atoms with Gasteiger partial charge < -0.3 is 5.11 Å². The molecule has 1 aromatic carbocycles. The Morgan fingerprint density at radius 3 is 2.50 bits per heavy atom. The standard InChI is InChI=1S/C13H13BrOS/c1-8-7-10(4-5-11(8)14)13(15)12-6-3-9(2)16-12/h3-7,13,15H,1-2H3. The Hall–Kier alpha value is -0.640. The van der Waals surface area contributed by atoms with E-state index in [9.17, 15) is 5.11 Å². The summed E-state index contributed by atoms with van der Waals surface area (Å²) in [4.78, 5) is 2.22. The van der Waals surface area contributed by atoms with E-state index in [0.717, 1.165) is 20.5 Å². The highest BCUT2D eigenvalue weighted by atomic mass is 79.9. The summed E-state index contributed by atoms with van der Waals surface area (Å²) in [5.41, 5.74) is 2.09. The number of aliphatic hydroxyl groups is 1. The monoisotopic (exact) mass is 296 g/mol. The van der Waals surface area contributed by atoms with Crippen molar-refractivity contribution in [2.75, 3.05) is 0 Å². The number of thiophene rings is 1. The Morgan fingerprint density at radius 1 is 1.19 bits per heavy atom. The van der Waals surface area contributed by atoms with Crippen LogP contribution < -0.4 is 0 Å². The first-order chi connectivity index (χ1) is 7.58. The lowest BCUT2D eigenvalue weighted by Gasteiger charge is -2.10. The van der Waals surface area contributed by atoms with E-state index >= 15 is 0 Å². The Kier molecular flexibility index (Phi) is 3.47. The quantitative estimate of drug-likeness (QED) is 0.880. The zero-order valence-electron chi connectivity index (χ0n) is 9.20. The lowest BCUT2D eigenvalue weighted by atomic mass is 10.1. The van der Waals surface area contributed by atoms with E-state index in [1.54, 1.807) is 11.3 Å². The van der Waals surface area contributed by atoms with Gasteiger partial charge in [0.15, 0.2) is 0 Å². The first kappa shape index (κ1) is 11.8. The van der Waals surface area contributed by atoms with Gasteiger partial charge in [0.05, 0.1) is 0 Å². The molecule has 0 spiro atoms. The van der Waals surface area contributed by atoms with Crippen molar-refractivity contribution in [3.63, 3.8) is 0 Å². The third-order valence-electron chi connectivity index (χ3n) is 2.53. The molecular formula is C13H13BrOS. The number of halogens is 1. The second-order valence-electron chi connectivity index (χ2n) is 3.86. The van der Waals surface area contributed by atoms with E-state index in [0.29, 0.717) is 0 Å². The lowest BCUT2D eigenvalue weighted by Crippen LogP contribution is -1.97. The predicted octanol–water partition coefficient (Wildman–Crippen LogP) is 4.21. The van der Waals surface area contributed by atoms with Gasteiger partial charge in [-0.15, -0.1) is 11.3 Å². The average molecular weight is 297 g/mol. The molecule has 16 heavy (non-hydrogen) atoms. The van der Waals surface area contributed by atoms with Gasteiger partial charge in [-0.2, -0.15) is 0 Å². The third kappa shape index (κ3) is 2.37. The molecule has 1 heterocycles. The molecule has 1 N–H and O–H groups in total. The van der Waals surface area contributed by atoms with Crippen LogP contribution in [0.4, 0.5) is 0 Å². The number of hydrogen-bond acceptors (Lipinski definition) is 2. The van der Waals surface area contributed by atoms with E-state index in [1.165, 1.54) is 4.88 Å². The number of aryl methyl sites for hydroxylation is 2. The number of rotatable bonds is 2. The van der Waals surface area contributed by atoms with E-state index in [2.05, 4.69) is 15.9 Å². The number of benzene rings is 1. The minimum Gasteiger partial charge on any atom is -0.383 e. The van der Waals surface area contributed by atoms with Gasteiger partial charge in [-0.25, -0.2) is 0 Å². The molecule has 0 radical (unpaired) electrons. The molecule has 0 aliphatic carbocycles. The summed E-state index contributed by atoms with van der Waals surface area (Å²) in [5, 5.41) is 10.2. The zero-order chi connectivity index (χ0) is 11.7. The maximum Gasteiger partial charge on any atom is 0.113 e. The molecule has 0 fully saturated rings. The molecule has 1 nitrogen and oxygen atoms in total. The summed E-state index contributed by atoms with van der Waals surface area (Å²) in [7, 11) is 0. The Balaban J connectivity index is 2.33. The van der Waals surface area contributed by atoms with Crippen LogP contribution in [0.25, 0.3) is 0 Å². The lowest BCUT2D eigenvalue weighted by molar-refractivity contribution is 0.224. The minimum absolute atomic E-state index is 0.509. The van der Waals surface area contributed by atoms with E-state index in [1.807, 2.05) is 44.2 Å². The topological polar surface area (TPSA) is 20.2 Å². The van der Waals surface area contributed by atoms with Crippen molar-refractivity contribution in [1.82, 2.24) is 0 Å². The average Bonchev–Trinajstić information content (AvgIpc) is 2.68. The smallest absolute Gasteiger partial charge is 0.113 e. The fourth-order valence-electron chi connectivity index (χ4n) is 1.60. The van der Waals surface area contributed by atoms with Gasteiger partial charge in [0.1, 0.15) is 6.10 Å². The molecule has 84 valence electrons. The largest absolute Gasteiger partial charge is 0.383 e. The molecule has 0 bridgehead atoms. The summed E-state index contributed by atoms with van der Waals surface area (Å²) >= 11 is 5.10. The van der Waals surface area contributed by atoms with E-state index < -0.39 is 6.10 Å². The molecule has 0 saturated carbocycles. The van der Waals surface area contributed by atoms with Crippen molar-refractivity contribution in [3.05, 3.63) is 55.7 Å². The van der Waals surface area contributed by atoms with Crippen LogP contribution >= 0.6 is 27.3 Å². The van der Waals surface area contributed by atoms with Crippen LogP contribution in [0.15, 0.2) is 34.8 Å². The van der Waals surface area contributed by atoms with Gasteiger partial charge in [-0.05, 0) is 43.2 Å². The molecule has 1 aromatic heterocycles. The number of hydrogen-bond donors (Lipinski definition) is 1. The second-order valence-corrected chi connectivity index (χ2v) is 6.03. The van der Waals surface area contributed by atoms with Crippen LogP contribution in [0.3, 0.4) is 0 Å². The summed E-state index contributed by atoms with van der Waals surface area (Å²) in [6.07, 6.45) is -0.509. The van der Waals surface area contributed by atoms with Crippen molar-refractivity contribution in [1.29, 1.82) is 0 Å². The highest BCUT2D eigenvalue weighted by Gasteiger charge is 2.12. The van der Waals surface area contributed by atoms with Gasteiger partial charge in [0, 0.05) is 14.2 Å². The van der Waals surface area contributed by atoms with Gasteiger partial charge in [0.25, 0.3) is 0 Å². The fourth-order valence-corrected chi connectivity index (χ4v) is 2.74. The van der Waals surface area contributed by atoms with E-state index in [-0.39, 0.29) is 0 Å². The van der Waals surface area contributed by atoms with E-state index in [4.69, 9.17) is 0 Å². The molecule has 0 aliphatic heterocycles. The van der Waals surface area contributed by atoms with Crippen LogP contribution in [-0.2, 0) is 0 Å². The summed E-state index contributed by atoms with van der Waals surface area (Å²) in [6, 6.07) is 9.98. The Bertz CT molecular complexity index is 504. The molecule has 1 unspecified atom stereocenters. The summed E-state index contributed by atoms with van der Waals surface area (Å²) < 4.78 is 1.07. The van der Waals surface area contributed by atoms with Crippen LogP contribution in [-0.4, -0.2) is 5.11 Å². The minimum atomic E-state index is -0.509. The molecule has 2 aromatic rings. The van der Waals surface area contributed by atoms with Crippen LogP contribution in [0.1, 0.15) is 27.0 Å². The molecule has 0 aliphatic rings. The van der Waals surface area contributed by atoms with Gasteiger partial charge in [-0.1, -0.05) is 28.1 Å². The second kappa shape index (κ2) is 4.70. The predicted molar refractivity (Wildman–Crippen MR) is 72.0 cm³/mol. The summed E-state index contributed by atoms with van der Waals surface area (Å²) in [6.45, 7) is 4.08. The molecular weight excluding hydrogens is 284 g/mol. The molecule has 1 atom stereocenters. The zero-order valence-corrected chi connectivity index (χ0v) is 11.6. The molecule has 2 rings (SSSR count). The SMILES string of the molecule is Cc1ccc(C(O)c2ccc(Br)c(C)c2)s1. The maximum absolute atomic E-state index is 10.2. The van der Waals surface area contributed by atoms with Crippen molar-refractivity contribution in [3.8, 4) is 0 Å². The fraction of sp³-hybridized carbons (Fsp3) is 0.231. The molecule has 3 heteroatoms. The van der Waals surface area contributed by atoms with Gasteiger partial charge in [-0.3, -0.25) is 0 Å². The van der Waals surface area contributed by atoms with Crippen LogP contribution in [0.2, 0.25) is 0 Å². The normalized spacial score (nSPS) is 12.8. The van der Waals surface area contributed by atoms with Crippen molar-refractivity contribution >= 4 is 27.3 Å². The Labute approximate surface area is 108 Å². The first-order valence-electron chi connectivity index (χ1n) is 5.08. The van der Waals surface area contributed by atoms with Gasteiger partial charge >= 0.3 is 0 Å². The highest BCUT2D eigenvalue weighted by Crippen LogP contribution is 2.29. The van der Waals surface area contributed by atoms with Gasteiger partial charge in [0.2, 0.25) is 0 Å². The summed E-state index contributed by atoms with van der Waals surface area (Å²) in [5.74, 6) is 0. The van der Waals surface area contributed by atoms with Crippen molar-refractivity contribution < 1.29 is 5.11 Å². The maximum atomic E-state index is 10.2. The van der Waals surface area contributed by atoms with Crippen molar-refractivity contribution in [2.24, 2.45) is 0 Å².